The van der Waals surface area contributed by atoms with E-state index in [1.54, 1.807) is 0 Å². The number of ether oxygens (including phenoxy) is 2. The van der Waals surface area contributed by atoms with Gasteiger partial charge in [-0.05, 0) is 5.53 Å². The van der Waals surface area contributed by atoms with Crippen LogP contribution in [0.5, 0.6) is 0 Å². The number of nitrogens with one attached hydrogen (secondary N) is 2. The summed E-state index contributed by atoms with van der Waals surface area (Å²) < 4.78 is 36.9. The Morgan fingerprint density at radius 3 is 2.73 bits per heavy atom. The summed E-state index contributed by atoms with van der Waals surface area (Å²) in [7, 11) is -5.13. The monoisotopic (exact) mass is 638 g/mol. The number of anilines is 1. The molecule has 44 heavy (non-hydrogen) atoms. The predicted molar refractivity (Wildman–Crippen MR) is 141 cm³/mol. The van der Waals surface area contributed by atoms with Gasteiger partial charge in [0.15, 0.2) is 34.3 Å². The van der Waals surface area contributed by atoms with Crippen LogP contribution in [0.3, 0.4) is 0 Å². The molecule has 23 nitrogen and oxygen atoms in total. The van der Waals surface area contributed by atoms with Gasteiger partial charge in [-0.3, -0.25) is 32.8 Å². The summed E-state index contributed by atoms with van der Waals surface area (Å²) in [6, 6.07) is -1.39. The Morgan fingerprint density at radius 1 is 1.23 bits per heavy atom. The van der Waals surface area contributed by atoms with E-state index in [1.165, 1.54) is 0 Å². The van der Waals surface area contributed by atoms with Crippen LogP contribution in [0.1, 0.15) is 6.23 Å². The maximum atomic E-state index is 13.1. The van der Waals surface area contributed by atoms with Crippen LogP contribution < -0.4 is 16.9 Å². The zero-order chi connectivity index (χ0) is 31.4. The number of nitrogen functional groups attached to an aromatic ring is 1. The first-order chi connectivity index (χ1) is 21.0. The van der Waals surface area contributed by atoms with Crippen molar-refractivity contribution in [3.63, 3.8) is 0 Å². The van der Waals surface area contributed by atoms with Crippen molar-refractivity contribution in [2.24, 2.45) is 5.11 Å². The zero-order valence-electron chi connectivity index (χ0n) is 22.0. The van der Waals surface area contributed by atoms with E-state index in [9.17, 15) is 34.4 Å². The van der Waals surface area contributed by atoms with Gasteiger partial charge in [-0.25, -0.2) is 19.5 Å². The Kier molecular flexibility index (Phi) is 7.45. The minimum absolute atomic E-state index is 0.0586. The third kappa shape index (κ3) is 4.92. The average molecular weight is 638 g/mol. The Hall–Kier alpha value is -4.28. The molecule has 234 valence electrons. The second kappa shape index (κ2) is 11.0. The standard InChI is InChI=1S/C20H23N12O11P/c21-19-27-15-11(17(36)28-19)25-5-31(15)18-12(9(29-30-22)7(1-33)42-18)43-44(38,39)41-2-8-13(34)20(37,3-40-8)32-6-26-10-14(32)23-4-24-16(10)35/h4-9,12-13,18,33-34,37H,1-3H2,(H,38,39)(H,23,24,35)(H3,21,27,28,36)/t7-,8-,9?,12-,13-,18-,20-/m1/s1. The van der Waals surface area contributed by atoms with E-state index in [0.717, 1.165) is 28.1 Å². The predicted octanol–water partition coefficient (Wildman–Crippen LogP) is -2.69. The van der Waals surface area contributed by atoms with Crippen molar-refractivity contribution >= 4 is 36.1 Å². The van der Waals surface area contributed by atoms with E-state index in [1.807, 2.05) is 0 Å². The van der Waals surface area contributed by atoms with E-state index < -0.39 is 81.2 Å². The number of phosphoric ester groups is 1. The number of nitrogens with zero attached hydrogens (tertiary/aromatic N) is 9. The van der Waals surface area contributed by atoms with Gasteiger partial charge in [0.1, 0.15) is 18.3 Å². The lowest BCUT2D eigenvalue weighted by Gasteiger charge is -2.28. The number of aromatic nitrogens is 8. The number of fused-ring (bicyclic) bond motifs is 2. The van der Waals surface area contributed by atoms with E-state index in [2.05, 4.69) is 39.9 Å². The molecule has 0 aliphatic carbocycles. The first kappa shape index (κ1) is 29.8. The molecule has 0 bridgehead atoms. The summed E-state index contributed by atoms with van der Waals surface area (Å²) in [6.07, 6.45) is -4.20. The van der Waals surface area contributed by atoms with Crippen molar-refractivity contribution in [1.29, 1.82) is 0 Å². The Balaban J connectivity index is 1.23. The van der Waals surface area contributed by atoms with E-state index in [4.69, 9.17) is 29.8 Å². The molecule has 2 fully saturated rings. The van der Waals surface area contributed by atoms with Crippen molar-refractivity contribution in [2.75, 3.05) is 25.6 Å². The molecule has 2 aliphatic rings. The van der Waals surface area contributed by atoms with Crippen molar-refractivity contribution < 1.29 is 43.3 Å². The SMILES string of the molecule is [N-]=[N+]=NC1[C@@H](OP(=O)(O)OC[C@H]2OC[C@](O)(n3cnc4c(=O)[nH]cnc43)[C@@H]2O)[C@H](n2cnc3c(=O)[nH]c(N)nc32)O[C@@H]1CO. The molecule has 8 N–H and O–H groups in total. The summed E-state index contributed by atoms with van der Waals surface area (Å²) in [5.74, 6) is -0.275. The normalized spacial score (nSPS) is 30.1. The number of nitrogens with two attached hydrogens (primary N) is 1. The Morgan fingerprint density at radius 2 is 1.98 bits per heavy atom. The van der Waals surface area contributed by atoms with Crippen LogP contribution in [-0.4, -0.2) is 110 Å². The third-order valence-corrected chi connectivity index (χ3v) is 8.14. The molecule has 6 heterocycles. The molecule has 2 unspecified atom stereocenters. The summed E-state index contributed by atoms with van der Waals surface area (Å²) in [5, 5.41) is 35.5. The highest BCUT2D eigenvalue weighted by molar-refractivity contribution is 7.47. The van der Waals surface area contributed by atoms with E-state index >= 15 is 0 Å². The summed E-state index contributed by atoms with van der Waals surface area (Å²) >= 11 is 0. The highest BCUT2D eigenvalue weighted by atomic mass is 31.2. The van der Waals surface area contributed by atoms with Gasteiger partial charge in [0, 0.05) is 4.91 Å². The van der Waals surface area contributed by atoms with Crippen LogP contribution in [0.15, 0.2) is 33.7 Å². The number of aliphatic hydroxyl groups is 3. The van der Waals surface area contributed by atoms with Crippen LogP contribution in [0, 0.1) is 0 Å². The molecule has 4 aromatic rings. The second-order valence-electron chi connectivity index (χ2n) is 9.74. The molecule has 0 saturated carbocycles. The first-order valence-corrected chi connectivity index (χ1v) is 14.1. The lowest BCUT2D eigenvalue weighted by molar-refractivity contribution is -0.110. The number of imidazole rings is 2. The number of aliphatic hydroxyl groups excluding tert-OH is 2. The van der Waals surface area contributed by atoms with Gasteiger partial charge in [0.2, 0.25) is 5.95 Å². The largest absolute Gasteiger partial charge is 0.472 e. The quantitative estimate of drug-likeness (QED) is 0.0424. The van der Waals surface area contributed by atoms with Gasteiger partial charge in [-0.1, -0.05) is 5.11 Å². The van der Waals surface area contributed by atoms with Gasteiger partial charge in [0.05, 0.1) is 50.9 Å². The number of rotatable bonds is 9. The zero-order valence-corrected chi connectivity index (χ0v) is 22.9. The summed E-state index contributed by atoms with van der Waals surface area (Å²) in [6.45, 7) is -2.05. The fraction of sp³-hybridized carbons (Fsp3) is 0.500. The van der Waals surface area contributed by atoms with E-state index in [-0.39, 0.29) is 28.3 Å². The van der Waals surface area contributed by atoms with Gasteiger partial charge in [0.25, 0.3) is 11.1 Å². The summed E-state index contributed by atoms with van der Waals surface area (Å²) in [4.78, 5) is 58.0. The van der Waals surface area contributed by atoms with Crippen LogP contribution >= 0.6 is 7.82 Å². The molecule has 0 radical (unpaired) electrons. The maximum absolute atomic E-state index is 13.1. The minimum atomic E-state index is -5.13. The van der Waals surface area contributed by atoms with Crippen LogP contribution in [0.4, 0.5) is 5.95 Å². The molecule has 0 amide bonds. The first-order valence-electron chi connectivity index (χ1n) is 12.6. The molecule has 4 aromatic heterocycles. The van der Waals surface area contributed by atoms with Crippen LogP contribution in [0.2, 0.25) is 0 Å². The average Bonchev–Trinajstić information content (AvgIpc) is 3.74. The molecule has 0 aromatic carbocycles. The lowest BCUT2D eigenvalue weighted by Crippen LogP contribution is -2.47. The molecule has 2 aliphatic heterocycles. The van der Waals surface area contributed by atoms with Crippen molar-refractivity contribution in [1.82, 2.24) is 39.0 Å². The maximum Gasteiger partial charge on any atom is 0.472 e. The Bertz CT molecular complexity index is 1940. The van der Waals surface area contributed by atoms with Crippen LogP contribution in [0.25, 0.3) is 32.8 Å². The fourth-order valence-corrected chi connectivity index (χ4v) is 6.00. The highest BCUT2D eigenvalue weighted by Gasteiger charge is 2.53. The van der Waals surface area contributed by atoms with E-state index in [0.29, 0.717) is 0 Å². The van der Waals surface area contributed by atoms with Crippen molar-refractivity contribution in [3.05, 3.63) is 50.1 Å². The van der Waals surface area contributed by atoms with Gasteiger partial charge in [-0.2, -0.15) is 4.98 Å². The number of phosphoric acid groups is 1. The van der Waals surface area contributed by atoms with Crippen molar-refractivity contribution in [2.45, 2.75) is 42.4 Å². The number of hydrogen-bond donors (Lipinski definition) is 7. The molecular weight excluding hydrogens is 615 g/mol. The summed E-state index contributed by atoms with van der Waals surface area (Å²) in [5.41, 5.74) is 10.8. The van der Waals surface area contributed by atoms with Crippen molar-refractivity contribution in [3.8, 4) is 0 Å². The smallest absolute Gasteiger partial charge is 0.394 e. The molecule has 24 heteroatoms. The fourth-order valence-electron chi connectivity index (χ4n) is 5.07. The minimum Gasteiger partial charge on any atom is -0.394 e. The number of H-pyrrole nitrogens is 2. The molecular formula is C20H23N12O11P. The Labute approximate surface area is 242 Å². The molecule has 6 rings (SSSR count). The lowest BCUT2D eigenvalue weighted by atomic mass is 10.1. The second-order valence-corrected chi connectivity index (χ2v) is 11.2. The third-order valence-electron chi connectivity index (χ3n) is 7.15. The molecule has 0 spiro atoms. The van der Waals surface area contributed by atoms with Gasteiger partial charge in [-0.15, -0.1) is 0 Å². The molecule has 8 atom stereocenters. The molecule has 2 saturated heterocycles. The van der Waals surface area contributed by atoms with Crippen LogP contribution in [-0.2, 0) is 28.8 Å². The topological polar surface area (TPSA) is 337 Å². The van der Waals surface area contributed by atoms with Gasteiger partial charge < -0.3 is 40.4 Å². The number of azide groups is 1. The van der Waals surface area contributed by atoms with Gasteiger partial charge >= 0.3 is 7.82 Å². The number of aromatic amines is 2. The number of hydrogen-bond acceptors (Lipinski definition) is 16. The highest BCUT2D eigenvalue weighted by Crippen LogP contribution is 2.50.